The van der Waals surface area contributed by atoms with Crippen molar-refractivity contribution in [3.05, 3.63) is 0 Å². The molecule has 1 aliphatic heterocycles. The molecule has 1 aliphatic carbocycles. The van der Waals surface area contributed by atoms with Crippen LogP contribution in [0.5, 0.6) is 0 Å². The lowest BCUT2D eigenvalue weighted by molar-refractivity contribution is -0.140. The van der Waals surface area contributed by atoms with E-state index in [9.17, 15) is 9.59 Å². The highest BCUT2D eigenvalue weighted by atomic mass is 32.2. The zero-order valence-corrected chi connectivity index (χ0v) is 12.7. The molecule has 5 heteroatoms. The van der Waals surface area contributed by atoms with Crippen molar-refractivity contribution >= 4 is 23.6 Å². The van der Waals surface area contributed by atoms with Crippen molar-refractivity contribution < 1.29 is 9.59 Å². The van der Waals surface area contributed by atoms with Gasteiger partial charge in [-0.15, -0.1) is 0 Å². The van der Waals surface area contributed by atoms with Gasteiger partial charge in [0.2, 0.25) is 11.8 Å². The first kappa shape index (κ1) is 14.7. The number of nitrogens with one attached hydrogen (secondary N) is 1. The first-order valence-electron chi connectivity index (χ1n) is 7.29. The lowest BCUT2D eigenvalue weighted by Gasteiger charge is -2.35. The molecule has 2 rings (SSSR count). The Labute approximate surface area is 119 Å². The highest BCUT2D eigenvalue weighted by Gasteiger charge is 2.47. The van der Waals surface area contributed by atoms with Gasteiger partial charge in [0.05, 0.1) is 0 Å². The molecule has 1 spiro atoms. The Hall–Kier alpha value is -0.710. The Kier molecular flexibility index (Phi) is 4.76. The fraction of sp³-hybridized carbons (Fsp3) is 0.857. The van der Waals surface area contributed by atoms with E-state index in [4.69, 9.17) is 0 Å². The summed E-state index contributed by atoms with van der Waals surface area (Å²) >= 11 is 1.85. The zero-order chi connectivity index (χ0) is 13.9. The van der Waals surface area contributed by atoms with Gasteiger partial charge in [-0.25, -0.2) is 0 Å². The number of amides is 2. The number of rotatable bonds is 4. The smallest absolute Gasteiger partial charge is 0.248 e. The quantitative estimate of drug-likeness (QED) is 0.856. The highest BCUT2D eigenvalue weighted by molar-refractivity contribution is 7.99. The number of nitrogens with zero attached hydrogens (tertiary/aromatic N) is 1. The van der Waals surface area contributed by atoms with Crippen LogP contribution in [0.3, 0.4) is 0 Å². The summed E-state index contributed by atoms with van der Waals surface area (Å²) in [6.45, 7) is 4.79. The minimum Gasteiger partial charge on any atom is -0.342 e. The van der Waals surface area contributed by atoms with Crippen LogP contribution in [0.1, 0.15) is 46.0 Å². The predicted octanol–water partition coefficient (Wildman–Crippen LogP) is 1.79. The molecule has 0 aromatic heterocycles. The van der Waals surface area contributed by atoms with Crippen LogP contribution in [0, 0.1) is 0 Å². The van der Waals surface area contributed by atoms with Gasteiger partial charge in [0.25, 0.3) is 0 Å². The molecule has 1 saturated heterocycles. The van der Waals surface area contributed by atoms with Crippen molar-refractivity contribution in [2.24, 2.45) is 0 Å². The normalized spacial score (nSPS) is 24.4. The lowest BCUT2D eigenvalue weighted by atomic mass is 9.95. The predicted molar refractivity (Wildman–Crippen MR) is 78.1 cm³/mol. The number of carbonyl (C=O) groups excluding carboxylic acids is 2. The van der Waals surface area contributed by atoms with Crippen LogP contribution in [0.25, 0.3) is 0 Å². The number of thioether (sulfide) groups is 1. The molecular weight excluding hydrogens is 260 g/mol. The van der Waals surface area contributed by atoms with E-state index in [1.807, 2.05) is 16.7 Å². The third-order valence-corrected chi connectivity index (χ3v) is 5.31. The average Bonchev–Trinajstić information content (AvgIpc) is 2.81. The molecule has 19 heavy (non-hydrogen) atoms. The third-order valence-electron chi connectivity index (χ3n) is 4.18. The summed E-state index contributed by atoms with van der Waals surface area (Å²) in [6.07, 6.45) is 4.13. The van der Waals surface area contributed by atoms with E-state index in [1.54, 1.807) is 0 Å². The number of hydrogen-bond donors (Lipinski definition) is 1. The van der Waals surface area contributed by atoms with Gasteiger partial charge in [-0.05, 0) is 25.5 Å². The van der Waals surface area contributed by atoms with Crippen LogP contribution in [0.4, 0.5) is 0 Å². The summed E-state index contributed by atoms with van der Waals surface area (Å²) in [7, 11) is 0. The van der Waals surface area contributed by atoms with Gasteiger partial charge >= 0.3 is 0 Å². The first-order chi connectivity index (χ1) is 9.09. The van der Waals surface area contributed by atoms with Gasteiger partial charge < -0.3 is 10.2 Å². The molecule has 1 N–H and O–H groups in total. The van der Waals surface area contributed by atoms with Gasteiger partial charge in [-0.2, -0.15) is 11.8 Å². The van der Waals surface area contributed by atoms with Gasteiger partial charge in [-0.1, -0.05) is 19.8 Å². The summed E-state index contributed by atoms with van der Waals surface area (Å²) in [5.41, 5.74) is -0.585. The molecule has 0 aromatic carbocycles. The monoisotopic (exact) mass is 284 g/mol. The Morgan fingerprint density at radius 3 is 2.68 bits per heavy atom. The second kappa shape index (κ2) is 6.16. The molecule has 1 unspecified atom stereocenters. The minimum absolute atomic E-state index is 0.0353. The van der Waals surface area contributed by atoms with Crippen LogP contribution < -0.4 is 5.32 Å². The second-order valence-electron chi connectivity index (χ2n) is 5.59. The molecule has 2 fully saturated rings. The largest absolute Gasteiger partial charge is 0.342 e. The van der Waals surface area contributed by atoms with Gasteiger partial charge in [0.15, 0.2) is 0 Å². The van der Waals surface area contributed by atoms with E-state index >= 15 is 0 Å². The second-order valence-corrected chi connectivity index (χ2v) is 6.91. The summed E-state index contributed by atoms with van der Waals surface area (Å²) in [6, 6.07) is 0.211. The maximum atomic E-state index is 12.8. The van der Waals surface area contributed by atoms with Crippen LogP contribution in [0.2, 0.25) is 0 Å². The maximum Gasteiger partial charge on any atom is 0.248 e. The van der Waals surface area contributed by atoms with Crippen molar-refractivity contribution in [3.8, 4) is 0 Å². The van der Waals surface area contributed by atoms with E-state index < -0.39 is 5.54 Å². The molecule has 2 amide bonds. The summed E-state index contributed by atoms with van der Waals surface area (Å²) < 4.78 is 0. The average molecular weight is 284 g/mol. The van der Waals surface area contributed by atoms with E-state index in [2.05, 4.69) is 19.2 Å². The Balaban J connectivity index is 2.14. The topological polar surface area (TPSA) is 49.4 Å². The van der Waals surface area contributed by atoms with E-state index in [-0.39, 0.29) is 17.9 Å². The van der Waals surface area contributed by atoms with Gasteiger partial charge in [0, 0.05) is 24.8 Å². The van der Waals surface area contributed by atoms with Crippen molar-refractivity contribution in [2.45, 2.75) is 57.5 Å². The minimum atomic E-state index is -0.585. The Morgan fingerprint density at radius 2 is 2.05 bits per heavy atom. The summed E-state index contributed by atoms with van der Waals surface area (Å²) in [4.78, 5) is 26.6. The van der Waals surface area contributed by atoms with Crippen LogP contribution in [-0.2, 0) is 9.59 Å². The molecule has 108 valence electrons. The molecule has 0 aromatic rings. The molecule has 1 saturated carbocycles. The van der Waals surface area contributed by atoms with Crippen molar-refractivity contribution in [3.63, 3.8) is 0 Å². The van der Waals surface area contributed by atoms with Crippen molar-refractivity contribution in [1.82, 2.24) is 10.2 Å². The number of hydrogen-bond acceptors (Lipinski definition) is 3. The van der Waals surface area contributed by atoms with Crippen LogP contribution in [-0.4, -0.2) is 46.3 Å². The molecule has 1 heterocycles. The van der Waals surface area contributed by atoms with Gasteiger partial charge in [-0.3, -0.25) is 9.59 Å². The van der Waals surface area contributed by atoms with Crippen LogP contribution >= 0.6 is 11.8 Å². The molecule has 0 bridgehead atoms. The third kappa shape index (κ3) is 3.07. The first-order valence-corrected chi connectivity index (χ1v) is 8.44. The fourth-order valence-electron chi connectivity index (χ4n) is 3.10. The van der Waals surface area contributed by atoms with Crippen molar-refractivity contribution in [2.75, 3.05) is 18.1 Å². The molecule has 2 aliphatic rings. The maximum absolute atomic E-state index is 12.8. The number of carbonyl (C=O) groups is 2. The molecule has 1 atom stereocenters. The van der Waals surface area contributed by atoms with E-state index in [1.165, 1.54) is 0 Å². The molecular formula is C14H24N2O2S. The van der Waals surface area contributed by atoms with E-state index in [0.29, 0.717) is 13.0 Å². The summed E-state index contributed by atoms with van der Waals surface area (Å²) in [5, 5.41) is 3.01. The fourth-order valence-corrected chi connectivity index (χ4v) is 3.85. The Morgan fingerprint density at radius 1 is 1.37 bits per heavy atom. The highest BCUT2D eigenvalue weighted by Crippen LogP contribution is 2.33. The van der Waals surface area contributed by atoms with Crippen molar-refractivity contribution in [1.29, 1.82) is 0 Å². The van der Waals surface area contributed by atoms with Crippen LogP contribution in [0.15, 0.2) is 0 Å². The Bertz CT molecular complexity index is 353. The SMILES string of the molecule is CCSCC(C)N1CCC(=O)NC2(CCCC2)C1=O. The summed E-state index contributed by atoms with van der Waals surface area (Å²) in [5.74, 6) is 2.20. The molecule has 4 nitrogen and oxygen atoms in total. The standard InChI is InChI=1S/C14H24N2O2S/c1-3-19-10-11(2)16-9-6-12(17)15-14(13(16)18)7-4-5-8-14/h11H,3-10H2,1-2H3,(H,15,17). The lowest BCUT2D eigenvalue weighted by Crippen LogP contribution is -2.57. The van der Waals surface area contributed by atoms with Gasteiger partial charge in [0.1, 0.15) is 5.54 Å². The van der Waals surface area contributed by atoms with E-state index in [0.717, 1.165) is 37.2 Å². The zero-order valence-electron chi connectivity index (χ0n) is 11.9. The molecule has 0 radical (unpaired) electrons.